The summed E-state index contributed by atoms with van der Waals surface area (Å²) in [7, 11) is 1.12. The molecule has 5 rings (SSSR count). The first-order valence-corrected chi connectivity index (χ1v) is 18.7. The maximum atomic E-state index is 13.9. The van der Waals surface area contributed by atoms with E-state index >= 15 is 0 Å². The molecule has 3 heterocycles. The second-order valence-corrected chi connectivity index (χ2v) is 17.3. The molecule has 2 unspecified atom stereocenters. The van der Waals surface area contributed by atoms with Gasteiger partial charge in [-0.1, -0.05) is 65.0 Å². The molecule has 2 aromatic heterocycles. The molecule has 1 amide bonds. The molecule has 12 heteroatoms. The molecule has 44 heavy (non-hydrogen) atoms. The average molecular weight is 679 g/mol. The SMILES string of the molecule is COCCOCCn1cc(-c2ccc(C3c4[nH]c5ccc(Br)cc5c4CC(C(=O)OC)N3C(=O)C#C[Si](C)(C)C)cc2)nn1. The van der Waals surface area contributed by atoms with Gasteiger partial charge in [0.25, 0.3) is 5.91 Å². The molecule has 2 aromatic carbocycles. The summed E-state index contributed by atoms with van der Waals surface area (Å²) >= 11 is 3.58. The van der Waals surface area contributed by atoms with Crippen molar-refractivity contribution in [2.24, 2.45) is 0 Å². The number of ether oxygens (including phenoxy) is 3. The molecule has 1 aliphatic heterocycles. The highest BCUT2D eigenvalue weighted by molar-refractivity contribution is 9.10. The number of benzene rings is 2. The van der Waals surface area contributed by atoms with E-state index < -0.39 is 32.0 Å². The zero-order valence-electron chi connectivity index (χ0n) is 25.5. The zero-order valence-corrected chi connectivity index (χ0v) is 28.1. The Labute approximate surface area is 266 Å². The lowest BCUT2D eigenvalue weighted by molar-refractivity contribution is -0.153. The largest absolute Gasteiger partial charge is 0.467 e. The van der Waals surface area contributed by atoms with E-state index in [0.717, 1.165) is 43.5 Å². The van der Waals surface area contributed by atoms with Crippen molar-refractivity contribution >= 4 is 46.8 Å². The van der Waals surface area contributed by atoms with Gasteiger partial charge in [-0.15, -0.1) is 10.6 Å². The molecule has 0 fully saturated rings. The highest BCUT2D eigenvalue weighted by atomic mass is 79.9. The van der Waals surface area contributed by atoms with Crippen LogP contribution in [0.3, 0.4) is 0 Å². The van der Waals surface area contributed by atoms with Crippen LogP contribution in [0.1, 0.15) is 22.9 Å². The number of carbonyl (C=O) groups is 2. The molecular weight excluding hydrogens is 642 g/mol. The summed E-state index contributed by atoms with van der Waals surface area (Å²) in [5.41, 5.74) is 8.36. The Morgan fingerprint density at radius 3 is 2.57 bits per heavy atom. The number of methoxy groups -OCH3 is 2. The Morgan fingerprint density at radius 1 is 1.09 bits per heavy atom. The molecule has 1 aliphatic rings. The summed E-state index contributed by atoms with van der Waals surface area (Å²) in [4.78, 5) is 32.3. The van der Waals surface area contributed by atoms with E-state index in [0.29, 0.717) is 32.8 Å². The van der Waals surface area contributed by atoms with Crippen LogP contribution in [0.2, 0.25) is 19.6 Å². The monoisotopic (exact) mass is 677 g/mol. The van der Waals surface area contributed by atoms with E-state index in [1.807, 2.05) is 48.7 Å². The molecule has 10 nitrogen and oxygen atoms in total. The summed E-state index contributed by atoms with van der Waals surface area (Å²) in [5, 5.41) is 9.56. The number of carbonyl (C=O) groups excluding carboxylic acids is 2. The van der Waals surface area contributed by atoms with Crippen LogP contribution < -0.4 is 0 Å². The van der Waals surface area contributed by atoms with Gasteiger partial charge in [-0.05, 0) is 35.2 Å². The number of aromatic nitrogens is 4. The maximum absolute atomic E-state index is 13.9. The molecule has 0 aliphatic carbocycles. The van der Waals surface area contributed by atoms with Crippen molar-refractivity contribution in [2.75, 3.05) is 34.0 Å². The number of hydrogen-bond donors (Lipinski definition) is 1. The van der Waals surface area contributed by atoms with Gasteiger partial charge in [0.15, 0.2) is 0 Å². The van der Waals surface area contributed by atoms with Gasteiger partial charge in [-0.2, -0.15) is 0 Å². The van der Waals surface area contributed by atoms with Crippen molar-refractivity contribution in [1.82, 2.24) is 24.9 Å². The summed E-state index contributed by atoms with van der Waals surface area (Å²) in [6, 6.07) is 12.4. The number of aromatic amines is 1. The Hall–Kier alpha value is -3.76. The van der Waals surface area contributed by atoms with Crippen molar-refractivity contribution in [3.63, 3.8) is 0 Å². The molecule has 0 radical (unpaired) electrons. The van der Waals surface area contributed by atoms with Crippen molar-refractivity contribution < 1.29 is 23.8 Å². The first-order chi connectivity index (χ1) is 21.1. The number of rotatable bonds is 9. The topological polar surface area (TPSA) is 112 Å². The minimum absolute atomic E-state index is 0.311. The van der Waals surface area contributed by atoms with Crippen LogP contribution in [0, 0.1) is 11.5 Å². The molecule has 1 N–H and O–H groups in total. The zero-order chi connectivity index (χ0) is 31.4. The predicted molar refractivity (Wildman–Crippen MR) is 173 cm³/mol. The molecule has 2 atom stereocenters. The molecule has 4 aromatic rings. The summed E-state index contributed by atoms with van der Waals surface area (Å²) < 4.78 is 18.4. The third-order valence-electron chi connectivity index (χ3n) is 7.40. The van der Waals surface area contributed by atoms with Crippen molar-refractivity contribution in [3.05, 3.63) is 70.0 Å². The fourth-order valence-electron chi connectivity index (χ4n) is 5.31. The number of esters is 1. The standard InChI is InChI=1S/C32H36BrN5O5Si/c1-41-15-16-43-14-13-37-20-27(35-36-37)21-6-8-22(9-7-21)31-30-25(24-18-23(33)10-11-26(24)34-30)19-28(32(40)42-2)38(31)29(39)12-17-44(3,4)5/h6-11,18,20,28,31,34H,13-16,19H2,1-5H3. The third-order valence-corrected chi connectivity index (χ3v) is 8.76. The Balaban J connectivity index is 1.54. The van der Waals surface area contributed by atoms with E-state index in [9.17, 15) is 9.59 Å². The summed E-state index contributed by atoms with van der Waals surface area (Å²) in [5.74, 6) is 1.99. The van der Waals surface area contributed by atoms with Crippen molar-refractivity contribution in [3.8, 4) is 22.7 Å². The number of H-pyrrole nitrogens is 1. The molecule has 0 saturated heterocycles. The molecule has 0 bridgehead atoms. The number of halogens is 1. The van der Waals surface area contributed by atoms with E-state index in [2.05, 4.69) is 62.3 Å². The van der Waals surface area contributed by atoms with Crippen LogP contribution in [0.5, 0.6) is 0 Å². The van der Waals surface area contributed by atoms with Crippen LogP contribution in [0.15, 0.2) is 53.1 Å². The normalized spacial score (nSPS) is 16.4. The van der Waals surface area contributed by atoms with Gasteiger partial charge in [-0.3, -0.25) is 4.79 Å². The van der Waals surface area contributed by atoms with Gasteiger partial charge in [0.1, 0.15) is 19.8 Å². The second kappa shape index (κ2) is 13.5. The first-order valence-electron chi connectivity index (χ1n) is 14.4. The molecular formula is C32H36BrN5O5Si. The quantitative estimate of drug-likeness (QED) is 0.118. The summed E-state index contributed by atoms with van der Waals surface area (Å²) in [6.07, 6.45) is 2.18. The summed E-state index contributed by atoms with van der Waals surface area (Å²) in [6.45, 7) is 8.38. The first kappa shape index (κ1) is 31.7. The van der Waals surface area contributed by atoms with Crippen LogP contribution in [-0.4, -0.2) is 84.9 Å². The fraction of sp³-hybridized carbons (Fsp3) is 0.375. The van der Waals surface area contributed by atoms with Gasteiger partial charge >= 0.3 is 5.97 Å². The lowest BCUT2D eigenvalue weighted by Crippen LogP contribution is -2.51. The van der Waals surface area contributed by atoms with Gasteiger partial charge < -0.3 is 24.1 Å². The average Bonchev–Trinajstić information content (AvgIpc) is 3.63. The highest BCUT2D eigenvalue weighted by Gasteiger charge is 2.44. The number of nitrogens with one attached hydrogen (secondary N) is 1. The van der Waals surface area contributed by atoms with Crippen molar-refractivity contribution in [2.45, 2.75) is 44.7 Å². The van der Waals surface area contributed by atoms with Gasteiger partial charge in [0, 0.05) is 40.2 Å². The number of fused-ring (bicyclic) bond motifs is 3. The number of hydrogen-bond acceptors (Lipinski definition) is 7. The molecule has 0 spiro atoms. The van der Waals surface area contributed by atoms with Gasteiger partial charge in [0.05, 0.1) is 45.7 Å². The van der Waals surface area contributed by atoms with E-state index in [-0.39, 0.29) is 0 Å². The minimum Gasteiger partial charge on any atom is -0.467 e. The fourth-order valence-corrected chi connectivity index (χ4v) is 6.15. The molecule has 0 saturated carbocycles. The predicted octanol–water partition coefficient (Wildman–Crippen LogP) is 4.75. The maximum Gasteiger partial charge on any atom is 0.328 e. The Bertz CT molecular complexity index is 1720. The lowest BCUT2D eigenvalue weighted by Gasteiger charge is -2.40. The van der Waals surface area contributed by atoms with Crippen LogP contribution in [0.25, 0.3) is 22.2 Å². The number of nitrogens with zero attached hydrogens (tertiary/aromatic N) is 4. The Morgan fingerprint density at radius 2 is 1.86 bits per heavy atom. The van der Waals surface area contributed by atoms with Gasteiger partial charge in [0.2, 0.25) is 0 Å². The van der Waals surface area contributed by atoms with Crippen LogP contribution in [-0.2, 0) is 36.8 Å². The second-order valence-electron chi connectivity index (χ2n) is 11.7. The van der Waals surface area contributed by atoms with Crippen LogP contribution in [0.4, 0.5) is 0 Å². The smallest absolute Gasteiger partial charge is 0.328 e. The minimum atomic E-state index is -1.87. The lowest BCUT2D eigenvalue weighted by atomic mass is 9.87. The third kappa shape index (κ3) is 6.97. The number of amides is 1. The van der Waals surface area contributed by atoms with E-state index in [1.165, 1.54) is 7.11 Å². The highest BCUT2D eigenvalue weighted by Crippen LogP contribution is 2.42. The van der Waals surface area contributed by atoms with Crippen LogP contribution >= 0.6 is 15.9 Å². The van der Waals surface area contributed by atoms with E-state index in [1.54, 1.807) is 16.7 Å². The molecule has 230 valence electrons. The van der Waals surface area contributed by atoms with E-state index in [4.69, 9.17) is 14.2 Å². The Kier molecular flexibility index (Phi) is 9.70. The van der Waals surface area contributed by atoms with Gasteiger partial charge in [-0.25, -0.2) is 9.48 Å². The van der Waals surface area contributed by atoms with Crippen molar-refractivity contribution in [1.29, 1.82) is 0 Å².